The predicted molar refractivity (Wildman–Crippen MR) is 146 cm³/mol. The molecule has 0 saturated heterocycles. The third kappa shape index (κ3) is 5.97. The highest BCUT2D eigenvalue weighted by Gasteiger charge is 2.43. The molecule has 1 aliphatic carbocycles. The molecule has 0 spiro atoms. The van der Waals surface area contributed by atoms with Crippen LogP contribution >= 0.6 is 0 Å². The molecule has 0 unspecified atom stereocenters. The first-order valence-corrected chi connectivity index (χ1v) is 12.7. The molecule has 37 heavy (non-hydrogen) atoms. The van der Waals surface area contributed by atoms with Crippen LogP contribution in [0.1, 0.15) is 43.0 Å². The summed E-state index contributed by atoms with van der Waals surface area (Å²) in [5.74, 6) is 2.24. The molecule has 4 aromatic rings. The number of rotatable bonds is 9. The molecule has 8 nitrogen and oxygen atoms in total. The van der Waals surface area contributed by atoms with Gasteiger partial charge in [-0.3, -0.25) is 4.98 Å². The first-order valence-electron chi connectivity index (χ1n) is 12.7. The molecule has 2 aromatic heterocycles. The van der Waals surface area contributed by atoms with E-state index in [0.29, 0.717) is 12.3 Å². The van der Waals surface area contributed by atoms with E-state index in [4.69, 9.17) is 4.74 Å². The standard InChI is InChI=1S/C29H32N6O2/c1-4-30-28(36)35-29(13-14-29)12-11-21-6-9-25-24(16-21)27(33-18-32-25)34-22-7-10-26(19(2)15-22)37-23-8-5-20(3)31-17-23/h5-10,15-18H,4,11-14H2,1-3H3,(H2,30,35,36)(H,32,33,34). The molecule has 0 atom stereocenters. The number of hydrogen-bond acceptors (Lipinski definition) is 6. The Hall–Kier alpha value is -4.20. The number of pyridine rings is 1. The van der Waals surface area contributed by atoms with E-state index in [0.717, 1.165) is 65.1 Å². The summed E-state index contributed by atoms with van der Waals surface area (Å²) in [5, 5.41) is 10.4. The number of benzene rings is 2. The van der Waals surface area contributed by atoms with Crippen molar-refractivity contribution in [3.8, 4) is 11.5 Å². The van der Waals surface area contributed by atoms with E-state index in [1.165, 1.54) is 5.56 Å². The van der Waals surface area contributed by atoms with E-state index in [2.05, 4.69) is 43.0 Å². The number of nitrogens with zero attached hydrogens (tertiary/aromatic N) is 3. The van der Waals surface area contributed by atoms with Crippen molar-refractivity contribution in [3.63, 3.8) is 0 Å². The van der Waals surface area contributed by atoms with Crippen molar-refractivity contribution in [1.29, 1.82) is 0 Å². The van der Waals surface area contributed by atoms with Crippen molar-refractivity contribution in [2.45, 2.75) is 52.0 Å². The van der Waals surface area contributed by atoms with Gasteiger partial charge >= 0.3 is 6.03 Å². The fraction of sp³-hybridized carbons (Fsp3) is 0.310. The lowest BCUT2D eigenvalue weighted by Gasteiger charge is -2.18. The maximum absolute atomic E-state index is 12.0. The van der Waals surface area contributed by atoms with Gasteiger partial charge in [-0.25, -0.2) is 14.8 Å². The quantitative estimate of drug-likeness (QED) is 0.264. The Morgan fingerprint density at radius 3 is 2.62 bits per heavy atom. The number of anilines is 2. The number of nitrogens with one attached hydrogen (secondary N) is 3. The molecule has 2 aromatic carbocycles. The minimum atomic E-state index is -0.0849. The molecule has 190 valence electrons. The Kier molecular flexibility index (Phi) is 6.90. The summed E-state index contributed by atoms with van der Waals surface area (Å²) < 4.78 is 6.01. The third-order valence-electron chi connectivity index (χ3n) is 6.71. The van der Waals surface area contributed by atoms with Crippen molar-refractivity contribution in [2.24, 2.45) is 0 Å². The number of aromatic nitrogens is 3. The van der Waals surface area contributed by atoms with Gasteiger partial charge < -0.3 is 20.7 Å². The van der Waals surface area contributed by atoms with Gasteiger partial charge in [0.25, 0.3) is 0 Å². The van der Waals surface area contributed by atoms with Crippen LogP contribution < -0.4 is 20.7 Å². The lowest BCUT2D eigenvalue weighted by Crippen LogP contribution is -2.43. The molecule has 3 N–H and O–H groups in total. The summed E-state index contributed by atoms with van der Waals surface area (Å²) in [6.07, 6.45) is 7.13. The van der Waals surface area contributed by atoms with Crippen LogP contribution in [0.5, 0.6) is 11.5 Å². The lowest BCUT2D eigenvalue weighted by atomic mass is 10.0. The SMILES string of the molecule is CCNC(=O)NC1(CCc2ccc3ncnc(Nc4ccc(Oc5ccc(C)nc5)c(C)c4)c3c2)CC1. The predicted octanol–water partition coefficient (Wildman–Crippen LogP) is 5.96. The maximum atomic E-state index is 12.0. The smallest absolute Gasteiger partial charge is 0.315 e. The topological polar surface area (TPSA) is 101 Å². The largest absolute Gasteiger partial charge is 0.455 e. The van der Waals surface area contributed by atoms with Crippen LogP contribution in [-0.4, -0.2) is 33.1 Å². The van der Waals surface area contributed by atoms with Crippen LogP contribution in [0.4, 0.5) is 16.3 Å². The van der Waals surface area contributed by atoms with Crippen molar-refractivity contribution >= 4 is 28.4 Å². The first-order chi connectivity index (χ1) is 17.9. The summed E-state index contributed by atoms with van der Waals surface area (Å²) >= 11 is 0. The normalized spacial score (nSPS) is 13.7. The monoisotopic (exact) mass is 496 g/mol. The van der Waals surface area contributed by atoms with Crippen LogP contribution in [0.15, 0.2) is 61.1 Å². The minimum Gasteiger partial charge on any atom is -0.455 e. The fourth-order valence-corrected chi connectivity index (χ4v) is 4.40. The molecule has 2 amide bonds. The number of fused-ring (bicyclic) bond motifs is 1. The molecule has 2 heterocycles. The molecule has 5 rings (SSSR count). The number of hydrogen-bond donors (Lipinski definition) is 3. The van der Waals surface area contributed by atoms with Gasteiger partial charge in [-0.2, -0.15) is 0 Å². The highest BCUT2D eigenvalue weighted by molar-refractivity contribution is 5.91. The molecule has 1 saturated carbocycles. The summed E-state index contributed by atoms with van der Waals surface area (Å²) in [4.78, 5) is 25.3. The second-order valence-corrected chi connectivity index (χ2v) is 9.68. The number of carbonyl (C=O) groups is 1. The number of urea groups is 1. The van der Waals surface area contributed by atoms with Crippen LogP contribution in [0, 0.1) is 13.8 Å². The molecular weight excluding hydrogens is 464 g/mol. The molecule has 0 radical (unpaired) electrons. The highest BCUT2D eigenvalue weighted by atomic mass is 16.5. The van der Waals surface area contributed by atoms with Gasteiger partial charge in [-0.1, -0.05) is 6.07 Å². The zero-order valence-corrected chi connectivity index (χ0v) is 21.5. The van der Waals surface area contributed by atoms with Gasteiger partial charge in [-0.05, 0) is 100 Å². The summed E-state index contributed by atoms with van der Waals surface area (Å²) in [6, 6.07) is 16.0. The van der Waals surface area contributed by atoms with E-state index >= 15 is 0 Å². The Morgan fingerprint density at radius 2 is 1.89 bits per heavy atom. The third-order valence-corrected chi connectivity index (χ3v) is 6.71. The number of carbonyl (C=O) groups excluding carboxylic acids is 1. The maximum Gasteiger partial charge on any atom is 0.315 e. The van der Waals surface area contributed by atoms with Crippen LogP contribution in [0.2, 0.25) is 0 Å². The lowest BCUT2D eigenvalue weighted by molar-refractivity contribution is 0.235. The highest BCUT2D eigenvalue weighted by Crippen LogP contribution is 2.40. The number of amides is 2. The molecule has 0 aliphatic heterocycles. The molecule has 1 fully saturated rings. The van der Waals surface area contributed by atoms with Crippen LogP contribution in [-0.2, 0) is 6.42 Å². The van der Waals surface area contributed by atoms with Crippen LogP contribution in [0.25, 0.3) is 10.9 Å². The average Bonchev–Trinajstić information content (AvgIpc) is 3.65. The second-order valence-electron chi connectivity index (χ2n) is 9.68. The second kappa shape index (κ2) is 10.4. The van der Waals surface area contributed by atoms with E-state index < -0.39 is 0 Å². The molecule has 1 aliphatic rings. The Morgan fingerprint density at radius 1 is 1.03 bits per heavy atom. The summed E-state index contributed by atoms with van der Waals surface area (Å²) in [6.45, 7) is 6.52. The van der Waals surface area contributed by atoms with Crippen molar-refractivity contribution in [1.82, 2.24) is 25.6 Å². The average molecular weight is 497 g/mol. The number of aryl methyl sites for hydroxylation is 3. The van der Waals surface area contributed by atoms with Gasteiger partial charge in [-0.15, -0.1) is 0 Å². The Bertz CT molecular complexity index is 1420. The number of ether oxygens (including phenoxy) is 1. The fourth-order valence-electron chi connectivity index (χ4n) is 4.40. The Balaban J connectivity index is 1.30. The minimum absolute atomic E-state index is 0.0827. The van der Waals surface area contributed by atoms with Gasteiger partial charge in [0, 0.05) is 28.9 Å². The van der Waals surface area contributed by atoms with Crippen LogP contribution in [0.3, 0.4) is 0 Å². The van der Waals surface area contributed by atoms with E-state index in [-0.39, 0.29) is 11.6 Å². The van der Waals surface area contributed by atoms with Crippen molar-refractivity contribution < 1.29 is 9.53 Å². The first kappa shape index (κ1) is 24.5. The van der Waals surface area contributed by atoms with Crippen molar-refractivity contribution in [2.75, 3.05) is 11.9 Å². The van der Waals surface area contributed by atoms with E-state index in [1.807, 2.05) is 57.2 Å². The van der Waals surface area contributed by atoms with Gasteiger partial charge in [0.1, 0.15) is 23.6 Å². The zero-order valence-electron chi connectivity index (χ0n) is 21.5. The van der Waals surface area contributed by atoms with Gasteiger partial charge in [0.05, 0.1) is 11.7 Å². The summed E-state index contributed by atoms with van der Waals surface area (Å²) in [5.41, 5.74) is 4.86. The molecule has 8 heteroatoms. The van der Waals surface area contributed by atoms with E-state index in [9.17, 15) is 4.79 Å². The Labute approximate surface area is 216 Å². The molecular formula is C29H32N6O2. The van der Waals surface area contributed by atoms with Gasteiger partial charge in [0.2, 0.25) is 0 Å². The molecule has 0 bridgehead atoms. The van der Waals surface area contributed by atoms with E-state index in [1.54, 1.807) is 12.5 Å². The van der Waals surface area contributed by atoms with Crippen molar-refractivity contribution in [3.05, 3.63) is 77.9 Å². The van der Waals surface area contributed by atoms with Gasteiger partial charge in [0.15, 0.2) is 0 Å². The summed E-state index contributed by atoms with van der Waals surface area (Å²) in [7, 11) is 0. The zero-order chi connectivity index (χ0) is 25.8.